The van der Waals surface area contributed by atoms with E-state index in [2.05, 4.69) is 31.2 Å². The Morgan fingerprint density at radius 2 is 1.50 bits per heavy atom. The molecule has 0 atom stereocenters. The summed E-state index contributed by atoms with van der Waals surface area (Å²) in [5.74, 6) is 1.82. The summed E-state index contributed by atoms with van der Waals surface area (Å²) in [6.45, 7) is 2.25. The second-order valence-corrected chi connectivity index (χ2v) is 6.19. The SMILES string of the molecule is Br.CC[CH2][Mg][c]1ccc(Oc2ccccc2)cc1. The van der Waals surface area contributed by atoms with Crippen molar-refractivity contribution in [1.82, 2.24) is 0 Å². The van der Waals surface area contributed by atoms with Gasteiger partial charge in [0.15, 0.2) is 0 Å². The zero-order valence-electron chi connectivity index (χ0n) is 10.6. The second-order valence-electron chi connectivity index (χ2n) is 4.16. The Labute approximate surface area is 129 Å². The van der Waals surface area contributed by atoms with Crippen molar-refractivity contribution in [1.29, 1.82) is 0 Å². The first-order chi connectivity index (χ1) is 8.38. The van der Waals surface area contributed by atoms with E-state index < -0.39 is 0 Å². The molecule has 0 saturated carbocycles. The summed E-state index contributed by atoms with van der Waals surface area (Å²) in [6.07, 6.45) is 1.30. The van der Waals surface area contributed by atoms with E-state index in [0.29, 0.717) is 0 Å². The first-order valence-electron chi connectivity index (χ1n) is 6.20. The molecule has 0 heterocycles. The maximum absolute atomic E-state index is 5.75. The van der Waals surface area contributed by atoms with Gasteiger partial charge in [0.05, 0.1) is 0 Å². The molecule has 0 fully saturated rings. The van der Waals surface area contributed by atoms with Crippen LogP contribution in [0.25, 0.3) is 0 Å². The zero-order valence-corrected chi connectivity index (χ0v) is 13.8. The molecule has 0 aliphatic rings. The minimum atomic E-state index is -0.0534. The molecule has 0 aromatic heterocycles. The Kier molecular flexibility index (Phi) is 7.40. The normalized spacial score (nSPS) is 9.17. The van der Waals surface area contributed by atoms with E-state index in [4.69, 9.17) is 4.74 Å². The molecule has 2 aromatic rings. The van der Waals surface area contributed by atoms with Crippen LogP contribution in [0.1, 0.15) is 13.3 Å². The predicted octanol–water partition coefficient (Wildman–Crippen LogP) is 4.21. The van der Waals surface area contributed by atoms with Crippen molar-refractivity contribution in [2.75, 3.05) is 0 Å². The minimum Gasteiger partial charge on any atom is -0.457 e. The van der Waals surface area contributed by atoms with Crippen LogP contribution in [0, 0.1) is 0 Å². The third-order valence-corrected chi connectivity index (χ3v) is 4.83. The van der Waals surface area contributed by atoms with E-state index in [1.807, 2.05) is 30.3 Å². The molecule has 18 heavy (non-hydrogen) atoms. The van der Waals surface area contributed by atoms with Gasteiger partial charge < -0.3 is 4.74 Å². The molecular weight excluding hydrogens is 300 g/mol. The van der Waals surface area contributed by atoms with Crippen LogP contribution in [0.2, 0.25) is 4.55 Å². The Bertz CT molecular complexity index is 442. The lowest BCUT2D eigenvalue weighted by atomic mass is 10.3. The van der Waals surface area contributed by atoms with Gasteiger partial charge >= 0.3 is 20.4 Å². The average molecular weight is 318 g/mol. The second kappa shape index (κ2) is 8.56. The summed E-state index contributed by atoms with van der Waals surface area (Å²) >= 11 is -0.0534. The van der Waals surface area contributed by atoms with Gasteiger partial charge in [0.25, 0.3) is 0 Å². The van der Waals surface area contributed by atoms with Crippen molar-refractivity contribution in [2.24, 2.45) is 0 Å². The third kappa shape index (κ3) is 5.00. The first-order valence-corrected chi connectivity index (χ1v) is 7.91. The molecule has 0 unspecified atom stereocenters. The van der Waals surface area contributed by atoms with E-state index >= 15 is 0 Å². The van der Waals surface area contributed by atoms with Crippen molar-refractivity contribution in [2.45, 2.75) is 17.9 Å². The fourth-order valence-corrected chi connectivity index (χ4v) is 3.06. The zero-order chi connectivity index (χ0) is 11.9. The molecule has 3 heteroatoms. The lowest BCUT2D eigenvalue weighted by Crippen LogP contribution is -2.12. The van der Waals surface area contributed by atoms with Crippen LogP contribution >= 0.6 is 17.0 Å². The van der Waals surface area contributed by atoms with Crippen LogP contribution in [-0.4, -0.2) is 20.4 Å². The fourth-order valence-electron chi connectivity index (χ4n) is 1.73. The van der Waals surface area contributed by atoms with E-state index in [-0.39, 0.29) is 37.3 Å². The Morgan fingerprint density at radius 3 is 2.11 bits per heavy atom. The maximum atomic E-state index is 5.75. The maximum Gasteiger partial charge on any atom is 0.408 e. The van der Waals surface area contributed by atoms with E-state index in [0.717, 1.165) is 11.5 Å². The van der Waals surface area contributed by atoms with Gasteiger partial charge in [0, 0.05) is 0 Å². The molecular formula is C15H17BrMgO. The van der Waals surface area contributed by atoms with Crippen LogP contribution in [0.15, 0.2) is 54.6 Å². The topological polar surface area (TPSA) is 9.23 Å². The number of ether oxygens (including phenoxy) is 1. The number of hydrogen-bond acceptors (Lipinski definition) is 1. The third-order valence-electron chi connectivity index (χ3n) is 2.72. The molecule has 0 aliphatic heterocycles. The highest BCUT2D eigenvalue weighted by Crippen LogP contribution is 2.19. The average Bonchev–Trinajstić information content (AvgIpc) is 2.39. The van der Waals surface area contributed by atoms with Gasteiger partial charge in [0.2, 0.25) is 0 Å². The van der Waals surface area contributed by atoms with Gasteiger partial charge in [-0.15, -0.1) is 21.5 Å². The number of para-hydroxylation sites is 1. The summed E-state index contributed by atoms with van der Waals surface area (Å²) in [6, 6.07) is 18.5. The Balaban J connectivity index is 0.00000162. The number of benzene rings is 2. The lowest BCUT2D eigenvalue weighted by molar-refractivity contribution is 0.483. The van der Waals surface area contributed by atoms with Crippen molar-refractivity contribution < 1.29 is 4.74 Å². The number of halogens is 1. The highest BCUT2D eigenvalue weighted by molar-refractivity contribution is 8.93. The van der Waals surface area contributed by atoms with Crippen LogP contribution in [0.5, 0.6) is 11.5 Å². The number of rotatable bonds is 5. The van der Waals surface area contributed by atoms with Crippen LogP contribution < -0.4 is 8.43 Å². The molecule has 0 radical (unpaired) electrons. The van der Waals surface area contributed by atoms with Crippen LogP contribution in [0.3, 0.4) is 0 Å². The smallest absolute Gasteiger partial charge is 0.408 e. The highest BCUT2D eigenvalue weighted by atomic mass is 79.9. The monoisotopic (exact) mass is 316 g/mol. The molecule has 0 bridgehead atoms. The van der Waals surface area contributed by atoms with Gasteiger partial charge in [0.1, 0.15) is 11.5 Å². The van der Waals surface area contributed by atoms with Crippen molar-refractivity contribution in [3.63, 3.8) is 0 Å². The number of hydrogen-bond donors (Lipinski definition) is 0. The quantitative estimate of drug-likeness (QED) is 0.751. The van der Waals surface area contributed by atoms with Gasteiger partial charge in [-0.25, -0.2) is 0 Å². The molecule has 2 rings (SSSR count). The summed E-state index contributed by atoms with van der Waals surface area (Å²) in [5, 5.41) is 0. The highest BCUT2D eigenvalue weighted by Gasteiger charge is 1.99. The van der Waals surface area contributed by atoms with Crippen molar-refractivity contribution >= 4 is 41.0 Å². The summed E-state index contributed by atoms with van der Waals surface area (Å²) in [5.41, 5.74) is 0. The van der Waals surface area contributed by atoms with E-state index in [9.17, 15) is 0 Å². The van der Waals surface area contributed by atoms with Gasteiger partial charge in [-0.2, -0.15) is 3.69 Å². The van der Waals surface area contributed by atoms with Crippen molar-refractivity contribution in [3.8, 4) is 11.5 Å². The van der Waals surface area contributed by atoms with E-state index in [1.54, 1.807) is 0 Å². The van der Waals surface area contributed by atoms with Gasteiger partial charge in [-0.3, -0.25) is 0 Å². The molecule has 0 saturated heterocycles. The fraction of sp³-hybridized carbons (Fsp3) is 0.200. The standard InChI is InChI=1S/C12H9O.C3H7.BrH.Mg/c1-3-7-11(8-4-1)13-12-9-5-2-6-10-12;1-3-2;;/h1,3-10H;1,3H2,2H3;1H;. The Morgan fingerprint density at radius 1 is 0.889 bits per heavy atom. The van der Waals surface area contributed by atoms with Gasteiger partial charge in [-0.05, 0) is 24.3 Å². The molecule has 0 N–H and O–H groups in total. The molecule has 1 nitrogen and oxygen atoms in total. The largest absolute Gasteiger partial charge is 0.457 e. The van der Waals surface area contributed by atoms with Crippen molar-refractivity contribution in [3.05, 3.63) is 54.6 Å². The van der Waals surface area contributed by atoms with Crippen LogP contribution in [0.4, 0.5) is 0 Å². The molecule has 0 amide bonds. The molecule has 0 spiro atoms. The summed E-state index contributed by atoms with van der Waals surface area (Å²) in [7, 11) is 0. The minimum absolute atomic E-state index is 0. The first kappa shape index (κ1) is 15.5. The van der Waals surface area contributed by atoms with Crippen LogP contribution in [-0.2, 0) is 0 Å². The van der Waals surface area contributed by atoms with E-state index in [1.165, 1.54) is 14.7 Å². The Hall–Kier alpha value is -0.514. The molecule has 2 aromatic carbocycles. The summed E-state index contributed by atoms with van der Waals surface area (Å²) in [4.78, 5) is 0. The lowest BCUT2D eigenvalue weighted by Gasteiger charge is -2.06. The molecule has 92 valence electrons. The molecule has 0 aliphatic carbocycles. The van der Waals surface area contributed by atoms with Gasteiger partial charge in [-0.1, -0.05) is 43.7 Å². The predicted molar refractivity (Wildman–Crippen MR) is 83.8 cm³/mol. The summed E-state index contributed by atoms with van der Waals surface area (Å²) < 4.78 is 8.66.